The number of urea groups is 1. The van der Waals surface area contributed by atoms with Crippen molar-refractivity contribution in [3.05, 3.63) is 107 Å². The van der Waals surface area contributed by atoms with Crippen LogP contribution in [0.15, 0.2) is 90.1 Å². The number of rotatable bonds is 7. The highest BCUT2D eigenvalue weighted by molar-refractivity contribution is 6.06. The number of carbonyl (C=O) groups excluding carboxylic acids is 3. The third kappa shape index (κ3) is 5.67. The molecule has 3 aromatic carbocycles. The first-order valence-electron chi connectivity index (χ1n) is 11.0. The molecule has 35 heavy (non-hydrogen) atoms. The van der Waals surface area contributed by atoms with Crippen LogP contribution in [0.4, 0.5) is 10.5 Å². The number of esters is 1. The SMILES string of the molecule is COC(=O)c1ccc(COc2ccc([C@H]3NC(=O)NC(C)=C3C(=O)Nc3ccccc3)cc2)cc1. The van der Waals surface area contributed by atoms with Gasteiger partial charge in [-0.15, -0.1) is 0 Å². The van der Waals surface area contributed by atoms with Gasteiger partial charge in [0, 0.05) is 11.4 Å². The smallest absolute Gasteiger partial charge is 0.337 e. The average molecular weight is 472 g/mol. The molecule has 0 saturated heterocycles. The van der Waals surface area contributed by atoms with Crippen molar-refractivity contribution in [2.24, 2.45) is 0 Å². The molecule has 1 aliphatic heterocycles. The van der Waals surface area contributed by atoms with E-state index in [1.165, 1.54) is 7.11 Å². The molecule has 0 aliphatic carbocycles. The second-order valence-electron chi connectivity index (χ2n) is 7.94. The number of carbonyl (C=O) groups is 3. The first-order chi connectivity index (χ1) is 16.9. The van der Waals surface area contributed by atoms with Crippen molar-refractivity contribution in [1.29, 1.82) is 0 Å². The van der Waals surface area contributed by atoms with Gasteiger partial charge in [0.2, 0.25) is 0 Å². The van der Waals surface area contributed by atoms with Crippen molar-refractivity contribution in [3.63, 3.8) is 0 Å². The van der Waals surface area contributed by atoms with Gasteiger partial charge in [-0.25, -0.2) is 9.59 Å². The van der Waals surface area contributed by atoms with Gasteiger partial charge in [0.15, 0.2) is 0 Å². The second kappa shape index (κ2) is 10.6. The number of allylic oxidation sites excluding steroid dienone is 1. The summed E-state index contributed by atoms with van der Waals surface area (Å²) in [6, 6.07) is 22.3. The fraction of sp³-hybridized carbons (Fsp3) is 0.148. The Morgan fingerprint density at radius 1 is 0.943 bits per heavy atom. The number of anilines is 1. The van der Waals surface area contributed by atoms with Gasteiger partial charge in [0.05, 0.1) is 24.3 Å². The molecule has 178 valence electrons. The van der Waals surface area contributed by atoms with Crippen molar-refractivity contribution in [2.75, 3.05) is 12.4 Å². The van der Waals surface area contributed by atoms with E-state index in [0.717, 1.165) is 11.1 Å². The van der Waals surface area contributed by atoms with Crippen molar-refractivity contribution in [1.82, 2.24) is 10.6 Å². The van der Waals surface area contributed by atoms with Gasteiger partial charge in [-0.05, 0) is 54.4 Å². The molecule has 8 nitrogen and oxygen atoms in total. The highest BCUT2D eigenvalue weighted by Crippen LogP contribution is 2.29. The minimum absolute atomic E-state index is 0.304. The predicted octanol–water partition coefficient (Wildman–Crippen LogP) is 4.32. The molecule has 0 unspecified atom stereocenters. The summed E-state index contributed by atoms with van der Waals surface area (Å²) in [5, 5.41) is 8.38. The van der Waals surface area contributed by atoms with Gasteiger partial charge in [0.25, 0.3) is 5.91 Å². The fourth-order valence-corrected chi connectivity index (χ4v) is 3.74. The van der Waals surface area contributed by atoms with Crippen LogP contribution >= 0.6 is 0 Å². The van der Waals surface area contributed by atoms with Gasteiger partial charge in [0.1, 0.15) is 12.4 Å². The lowest BCUT2D eigenvalue weighted by Crippen LogP contribution is -2.45. The monoisotopic (exact) mass is 471 g/mol. The third-order valence-electron chi connectivity index (χ3n) is 5.54. The molecule has 4 rings (SSSR count). The number of amides is 3. The van der Waals surface area contributed by atoms with Gasteiger partial charge in [-0.3, -0.25) is 4.79 Å². The zero-order valence-corrected chi connectivity index (χ0v) is 19.3. The van der Waals surface area contributed by atoms with E-state index in [-0.39, 0.29) is 17.9 Å². The molecule has 0 bridgehead atoms. The predicted molar refractivity (Wildman–Crippen MR) is 131 cm³/mol. The van der Waals surface area contributed by atoms with E-state index < -0.39 is 6.04 Å². The Kier molecular flexibility index (Phi) is 7.11. The summed E-state index contributed by atoms with van der Waals surface area (Å²) in [5.41, 5.74) is 3.69. The molecule has 3 aromatic rings. The summed E-state index contributed by atoms with van der Waals surface area (Å²) in [6.07, 6.45) is 0. The maximum atomic E-state index is 13.1. The van der Waals surface area contributed by atoms with Gasteiger partial charge < -0.3 is 25.4 Å². The number of hydrogen-bond donors (Lipinski definition) is 3. The molecule has 1 heterocycles. The molecule has 1 atom stereocenters. The van der Waals surface area contributed by atoms with Crippen LogP contribution < -0.4 is 20.7 Å². The van der Waals surface area contributed by atoms with Gasteiger partial charge >= 0.3 is 12.0 Å². The molecule has 0 spiro atoms. The maximum Gasteiger partial charge on any atom is 0.337 e. The molecule has 0 radical (unpaired) electrons. The summed E-state index contributed by atoms with van der Waals surface area (Å²) >= 11 is 0. The minimum atomic E-state index is -0.618. The number of para-hydroxylation sites is 1. The van der Waals surface area contributed by atoms with Crippen LogP contribution in [0.5, 0.6) is 5.75 Å². The summed E-state index contributed by atoms with van der Waals surface area (Å²) in [5.74, 6) is -0.0665. The van der Waals surface area contributed by atoms with Crippen LogP contribution in [0.3, 0.4) is 0 Å². The quantitative estimate of drug-likeness (QED) is 0.445. The van der Waals surface area contributed by atoms with Crippen LogP contribution in [-0.2, 0) is 16.1 Å². The highest BCUT2D eigenvalue weighted by atomic mass is 16.5. The Morgan fingerprint density at radius 3 is 2.29 bits per heavy atom. The molecule has 0 fully saturated rings. The Hall–Kier alpha value is -4.59. The highest BCUT2D eigenvalue weighted by Gasteiger charge is 2.31. The molecular weight excluding hydrogens is 446 g/mol. The number of methoxy groups -OCH3 is 1. The van der Waals surface area contributed by atoms with Gasteiger partial charge in [-0.1, -0.05) is 42.5 Å². The Labute approximate surface area is 202 Å². The van der Waals surface area contributed by atoms with Crippen LogP contribution in [-0.4, -0.2) is 25.0 Å². The molecule has 8 heteroatoms. The summed E-state index contributed by atoms with van der Waals surface area (Å²) in [4.78, 5) is 36.8. The van der Waals surface area contributed by atoms with Crippen LogP contribution in [0.1, 0.15) is 34.5 Å². The Balaban J connectivity index is 1.46. The molecule has 0 aromatic heterocycles. The van der Waals surface area contributed by atoms with E-state index in [2.05, 4.69) is 16.0 Å². The number of nitrogens with one attached hydrogen (secondary N) is 3. The van der Waals surface area contributed by atoms with E-state index in [9.17, 15) is 14.4 Å². The maximum absolute atomic E-state index is 13.1. The number of hydrogen-bond acceptors (Lipinski definition) is 5. The normalized spacial score (nSPS) is 15.0. The van der Waals surface area contributed by atoms with E-state index in [0.29, 0.717) is 34.9 Å². The van der Waals surface area contributed by atoms with Crippen molar-refractivity contribution < 1.29 is 23.9 Å². The largest absolute Gasteiger partial charge is 0.489 e. The summed E-state index contributed by atoms with van der Waals surface area (Å²) in [7, 11) is 1.34. The van der Waals surface area contributed by atoms with Crippen LogP contribution in [0, 0.1) is 0 Å². The van der Waals surface area contributed by atoms with Crippen LogP contribution in [0.25, 0.3) is 0 Å². The average Bonchev–Trinajstić information content (AvgIpc) is 2.87. The first kappa shape index (κ1) is 23.6. The summed E-state index contributed by atoms with van der Waals surface area (Å²) < 4.78 is 10.6. The minimum Gasteiger partial charge on any atom is -0.489 e. The van der Waals surface area contributed by atoms with Crippen LogP contribution in [0.2, 0.25) is 0 Å². The van der Waals surface area contributed by atoms with Crippen molar-refractivity contribution in [2.45, 2.75) is 19.6 Å². The molecule has 0 saturated carbocycles. The molecular formula is C27H25N3O5. The number of ether oxygens (including phenoxy) is 2. The molecule has 3 N–H and O–H groups in total. The lowest BCUT2D eigenvalue weighted by molar-refractivity contribution is -0.113. The van der Waals surface area contributed by atoms with E-state index in [1.807, 2.05) is 30.3 Å². The first-order valence-corrected chi connectivity index (χ1v) is 11.0. The number of benzene rings is 3. The lowest BCUT2D eigenvalue weighted by Gasteiger charge is -2.28. The zero-order chi connectivity index (χ0) is 24.8. The summed E-state index contributed by atoms with van der Waals surface area (Å²) in [6.45, 7) is 2.02. The van der Waals surface area contributed by atoms with Crippen molar-refractivity contribution in [3.8, 4) is 5.75 Å². The van der Waals surface area contributed by atoms with Crippen molar-refractivity contribution >= 4 is 23.6 Å². The zero-order valence-electron chi connectivity index (χ0n) is 19.3. The fourth-order valence-electron chi connectivity index (χ4n) is 3.74. The Bertz CT molecular complexity index is 1250. The Morgan fingerprint density at radius 2 is 1.63 bits per heavy atom. The molecule has 3 amide bonds. The van der Waals surface area contributed by atoms with Gasteiger partial charge in [-0.2, -0.15) is 0 Å². The van der Waals surface area contributed by atoms with E-state index in [4.69, 9.17) is 9.47 Å². The lowest BCUT2D eigenvalue weighted by atomic mass is 9.94. The third-order valence-corrected chi connectivity index (χ3v) is 5.54. The standard InChI is InChI=1S/C27H25N3O5/c1-17-23(25(31)29-21-6-4-3-5-7-21)24(30-27(33)28-17)19-12-14-22(15-13-19)35-16-18-8-10-20(11-9-18)26(32)34-2/h3-15,24H,16H2,1-2H3,(H,29,31)(H2,28,30,33)/t24-/m1/s1. The van der Waals surface area contributed by atoms with E-state index in [1.54, 1.807) is 55.5 Å². The molecule has 1 aliphatic rings. The van der Waals surface area contributed by atoms with E-state index >= 15 is 0 Å². The second-order valence-corrected chi connectivity index (χ2v) is 7.94. The topological polar surface area (TPSA) is 106 Å².